The van der Waals surface area contributed by atoms with E-state index >= 15 is 0 Å². The molecule has 0 aliphatic carbocycles. The molecule has 0 spiro atoms. The number of nitrogens with two attached hydrogens (primary N) is 1. The van der Waals surface area contributed by atoms with Gasteiger partial charge in [0, 0.05) is 42.0 Å². The van der Waals surface area contributed by atoms with E-state index in [1.54, 1.807) is 9.20 Å². The molecular weight excluding hydrogens is 288 g/mol. The lowest BCUT2D eigenvalue weighted by Crippen LogP contribution is -2.07. The summed E-state index contributed by atoms with van der Waals surface area (Å²) in [6.45, 7) is 4.43. The highest BCUT2D eigenvalue weighted by atomic mass is 15.3. The summed E-state index contributed by atoms with van der Waals surface area (Å²) in [5, 5.41) is 8.62. The fourth-order valence-corrected chi connectivity index (χ4v) is 2.99. The quantitative estimate of drug-likeness (QED) is 0.757. The van der Waals surface area contributed by atoms with E-state index in [2.05, 4.69) is 24.0 Å². The number of nitrogen functional groups attached to an aromatic ring is 1. The van der Waals surface area contributed by atoms with Crippen LogP contribution in [0.1, 0.15) is 51.1 Å². The lowest BCUT2D eigenvalue weighted by Gasteiger charge is -2.15. The van der Waals surface area contributed by atoms with Crippen LogP contribution in [0.25, 0.3) is 16.8 Å². The monoisotopic (exact) mass is 312 g/mol. The molecule has 3 aromatic rings. The predicted octanol–water partition coefficient (Wildman–Crippen LogP) is 3.40. The van der Waals surface area contributed by atoms with Crippen LogP contribution < -0.4 is 5.73 Å². The van der Waals surface area contributed by atoms with Gasteiger partial charge in [0.05, 0.1) is 12.4 Å². The van der Waals surface area contributed by atoms with Gasteiger partial charge in [0.2, 0.25) is 0 Å². The molecule has 3 aromatic heterocycles. The highest BCUT2D eigenvalue weighted by molar-refractivity contribution is 5.77. The number of hydrogen-bond donors (Lipinski definition) is 1. The average Bonchev–Trinajstić information content (AvgIpc) is 3.14. The summed E-state index contributed by atoms with van der Waals surface area (Å²) in [5.74, 6) is 1.08. The number of hydrogen-bond acceptors (Lipinski definition) is 4. The van der Waals surface area contributed by atoms with Gasteiger partial charge < -0.3 is 5.73 Å². The second-order valence-electron chi connectivity index (χ2n) is 6.05. The van der Waals surface area contributed by atoms with Crippen LogP contribution in [0.2, 0.25) is 0 Å². The number of anilines is 1. The molecule has 1 unspecified atom stereocenters. The van der Waals surface area contributed by atoms with Crippen LogP contribution >= 0.6 is 0 Å². The van der Waals surface area contributed by atoms with Crippen LogP contribution in [0, 0.1) is 0 Å². The van der Waals surface area contributed by atoms with Crippen molar-refractivity contribution >= 4 is 11.5 Å². The minimum atomic E-state index is 0.443. The zero-order chi connectivity index (χ0) is 16.4. The van der Waals surface area contributed by atoms with Crippen molar-refractivity contribution in [2.45, 2.75) is 45.4 Å². The fourth-order valence-electron chi connectivity index (χ4n) is 2.99. The van der Waals surface area contributed by atoms with E-state index < -0.39 is 0 Å². The molecule has 0 saturated heterocycles. The SMILES string of the molecule is CCCCC(CC)c1cc(N)n2ncc(-c3cnn(C)c3)c2n1. The molecule has 0 fully saturated rings. The molecular formula is C17H24N6. The topological polar surface area (TPSA) is 74.0 Å². The van der Waals surface area contributed by atoms with Gasteiger partial charge in [-0.15, -0.1) is 0 Å². The van der Waals surface area contributed by atoms with Crippen molar-refractivity contribution in [1.82, 2.24) is 24.4 Å². The van der Waals surface area contributed by atoms with E-state index in [1.165, 1.54) is 12.8 Å². The maximum absolute atomic E-state index is 6.21. The molecule has 6 heteroatoms. The summed E-state index contributed by atoms with van der Waals surface area (Å²) in [6, 6.07) is 1.97. The second-order valence-corrected chi connectivity index (χ2v) is 6.05. The molecule has 3 rings (SSSR count). The molecule has 1 atom stereocenters. The number of nitrogens with zero attached hydrogens (tertiary/aromatic N) is 5. The molecule has 23 heavy (non-hydrogen) atoms. The average molecular weight is 312 g/mol. The third-order valence-electron chi connectivity index (χ3n) is 4.35. The van der Waals surface area contributed by atoms with Crippen LogP contribution in [0.15, 0.2) is 24.7 Å². The van der Waals surface area contributed by atoms with Crippen molar-refractivity contribution in [1.29, 1.82) is 0 Å². The maximum atomic E-state index is 6.21. The van der Waals surface area contributed by atoms with Crippen molar-refractivity contribution in [2.24, 2.45) is 7.05 Å². The van der Waals surface area contributed by atoms with Gasteiger partial charge in [-0.25, -0.2) is 4.98 Å². The predicted molar refractivity (Wildman–Crippen MR) is 92.2 cm³/mol. The second kappa shape index (κ2) is 6.40. The van der Waals surface area contributed by atoms with Crippen LogP contribution in [0.5, 0.6) is 0 Å². The van der Waals surface area contributed by atoms with Crippen molar-refractivity contribution in [3.63, 3.8) is 0 Å². The summed E-state index contributed by atoms with van der Waals surface area (Å²) in [5.41, 5.74) is 10.1. The smallest absolute Gasteiger partial charge is 0.165 e. The summed E-state index contributed by atoms with van der Waals surface area (Å²) < 4.78 is 3.49. The van der Waals surface area contributed by atoms with E-state index in [1.807, 2.05) is 31.7 Å². The zero-order valence-electron chi connectivity index (χ0n) is 14.0. The molecule has 0 aliphatic heterocycles. The first kappa shape index (κ1) is 15.5. The lowest BCUT2D eigenvalue weighted by atomic mass is 9.95. The largest absolute Gasteiger partial charge is 0.384 e. The Kier molecular flexibility index (Phi) is 4.32. The van der Waals surface area contributed by atoms with Gasteiger partial charge in [-0.3, -0.25) is 4.68 Å². The Labute approximate surface area is 136 Å². The highest BCUT2D eigenvalue weighted by Crippen LogP contribution is 2.29. The van der Waals surface area contributed by atoms with Gasteiger partial charge >= 0.3 is 0 Å². The number of unbranched alkanes of at least 4 members (excludes halogenated alkanes) is 1. The maximum Gasteiger partial charge on any atom is 0.165 e. The Bertz CT molecular complexity index is 801. The standard InChI is InChI=1S/C17H24N6/c1-4-6-7-12(5-2)15-8-16(18)23-17(21-15)14(10-20-23)13-9-19-22(3)11-13/h8-12H,4-7,18H2,1-3H3. The third kappa shape index (κ3) is 2.93. The van der Waals surface area contributed by atoms with Crippen LogP contribution in [-0.4, -0.2) is 24.4 Å². The van der Waals surface area contributed by atoms with E-state index in [0.29, 0.717) is 11.7 Å². The third-order valence-corrected chi connectivity index (χ3v) is 4.35. The van der Waals surface area contributed by atoms with Gasteiger partial charge in [-0.05, 0) is 12.8 Å². The number of fused-ring (bicyclic) bond motifs is 1. The molecule has 0 amide bonds. The van der Waals surface area contributed by atoms with E-state index in [-0.39, 0.29) is 0 Å². The summed E-state index contributed by atoms with van der Waals surface area (Å²) in [4.78, 5) is 4.89. The molecule has 0 bridgehead atoms. The highest BCUT2D eigenvalue weighted by Gasteiger charge is 2.17. The van der Waals surface area contributed by atoms with E-state index in [4.69, 9.17) is 10.7 Å². The minimum absolute atomic E-state index is 0.443. The van der Waals surface area contributed by atoms with Crippen molar-refractivity contribution in [3.05, 3.63) is 30.4 Å². The van der Waals surface area contributed by atoms with Crippen molar-refractivity contribution in [2.75, 3.05) is 5.73 Å². The first-order valence-corrected chi connectivity index (χ1v) is 8.27. The summed E-state index contributed by atoms with van der Waals surface area (Å²) >= 11 is 0. The van der Waals surface area contributed by atoms with Crippen LogP contribution in [0.3, 0.4) is 0 Å². The first-order valence-electron chi connectivity index (χ1n) is 8.27. The van der Waals surface area contributed by atoms with Gasteiger partial charge in [0.1, 0.15) is 5.82 Å². The van der Waals surface area contributed by atoms with Gasteiger partial charge in [-0.1, -0.05) is 26.7 Å². The van der Waals surface area contributed by atoms with Crippen molar-refractivity contribution in [3.8, 4) is 11.1 Å². The number of aryl methyl sites for hydroxylation is 1. The molecule has 3 heterocycles. The molecule has 0 aromatic carbocycles. The van der Waals surface area contributed by atoms with Gasteiger partial charge in [-0.2, -0.15) is 14.7 Å². The lowest BCUT2D eigenvalue weighted by molar-refractivity contribution is 0.557. The summed E-state index contributed by atoms with van der Waals surface area (Å²) in [6.07, 6.45) is 10.2. The Hall–Kier alpha value is -2.37. The zero-order valence-corrected chi connectivity index (χ0v) is 14.0. The molecule has 2 N–H and O–H groups in total. The van der Waals surface area contributed by atoms with E-state index in [9.17, 15) is 0 Å². The molecule has 0 aliphatic rings. The molecule has 6 nitrogen and oxygen atoms in total. The minimum Gasteiger partial charge on any atom is -0.384 e. The Balaban J connectivity index is 2.08. The van der Waals surface area contributed by atoms with E-state index in [0.717, 1.165) is 35.3 Å². The van der Waals surface area contributed by atoms with Crippen LogP contribution in [0.4, 0.5) is 5.82 Å². The number of aromatic nitrogens is 5. The fraction of sp³-hybridized carbons (Fsp3) is 0.471. The number of rotatable bonds is 6. The Morgan fingerprint density at radius 1 is 1.22 bits per heavy atom. The van der Waals surface area contributed by atoms with Crippen LogP contribution in [-0.2, 0) is 7.05 Å². The molecule has 0 radical (unpaired) electrons. The first-order chi connectivity index (χ1) is 11.1. The summed E-state index contributed by atoms with van der Waals surface area (Å²) in [7, 11) is 1.90. The normalized spacial score (nSPS) is 12.8. The van der Waals surface area contributed by atoms with Gasteiger partial charge in [0.15, 0.2) is 5.65 Å². The van der Waals surface area contributed by atoms with Gasteiger partial charge in [0.25, 0.3) is 0 Å². The molecule has 122 valence electrons. The molecule has 0 saturated carbocycles. The Morgan fingerprint density at radius 2 is 2.04 bits per heavy atom. The van der Waals surface area contributed by atoms with Crippen molar-refractivity contribution < 1.29 is 0 Å². The Morgan fingerprint density at radius 3 is 2.70 bits per heavy atom.